The van der Waals surface area contributed by atoms with Crippen molar-refractivity contribution in [1.82, 2.24) is 5.23 Å². The number of unbranched alkanes of at least 4 members (excludes halogenated alkanes) is 1. The Bertz CT molecular complexity index is 155. The predicted molar refractivity (Wildman–Crippen MR) is 62.5 cm³/mol. The zero-order valence-corrected chi connectivity index (χ0v) is 8.96. The molecule has 0 spiro atoms. The topological polar surface area (TPSA) is 29.1 Å². The highest BCUT2D eigenvalue weighted by molar-refractivity contribution is 7.08. The molecule has 0 fully saturated rings. The van der Waals surface area contributed by atoms with E-state index in [0.717, 1.165) is 38.6 Å². The molecule has 0 rings (SSSR count). The van der Waals surface area contributed by atoms with Crippen LogP contribution in [0.4, 0.5) is 0 Å². The maximum absolute atomic E-state index is 11.3. The molecule has 0 saturated heterocycles. The molecule has 1 N–H and O–H groups in total. The smallest absolute Gasteiger partial charge is 0.177 e. The van der Waals surface area contributed by atoms with E-state index < -0.39 is 0 Å². The molecule has 0 bridgehead atoms. The third-order valence-electron chi connectivity index (χ3n) is 2.33. The molecule has 14 heavy (non-hydrogen) atoms. The minimum absolute atomic E-state index is 0.0764. The predicted octanol–water partition coefficient (Wildman–Crippen LogP) is 0.560. The van der Waals surface area contributed by atoms with Crippen LogP contribution in [0, 0.1) is 5.92 Å². The first-order chi connectivity index (χ1) is 6.76. The Balaban J connectivity index is 3.67. The lowest BCUT2D eigenvalue weighted by molar-refractivity contribution is -0.115. The summed E-state index contributed by atoms with van der Waals surface area (Å²) in [5.41, 5.74) is 0.0764. The summed E-state index contributed by atoms with van der Waals surface area (Å²) >= 11 is 0. The second-order valence-electron chi connectivity index (χ2n) is 3.50. The molecule has 0 aliphatic rings. The van der Waals surface area contributed by atoms with E-state index in [1.165, 1.54) is 7.17 Å². The Morgan fingerprint density at radius 1 is 1.43 bits per heavy atom. The molecule has 5 radical (unpaired) electrons. The molecule has 5 heteroatoms. The van der Waals surface area contributed by atoms with Gasteiger partial charge in [-0.1, -0.05) is 19.8 Å². The van der Waals surface area contributed by atoms with E-state index in [9.17, 15) is 4.79 Å². The number of rotatable bonds is 9. The van der Waals surface area contributed by atoms with Crippen LogP contribution in [0.15, 0.2) is 0 Å². The normalized spacial score (nSPS) is 12.4. The Morgan fingerprint density at radius 3 is 2.64 bits per heavy atom. The summed E-state index contributed by atoms with van der Waals surface area (Å²) in [5, 5.41) is 2.60. The molecule has 73 valence electrons. The van der Waals surface area contributed by atoms with Crippen molar-refractivity contribution in [2.75, 3.05) is 6.54 Å². The van der Waals surface area contributed by atoms with Gasteiger partial charge >= 0.3 is 0 Å². The molecule has 0 aliphatic carbocycles. The van der Waals surface area contributed by atoms with Gasteiger partial charge in [0.15, 0.2) is 7.98 Å². The van der Waals surface area contributed by atoms with Crippen molar-refractivity contribution >= 4 is 28.6 Å². The van der Waals surface area contributed by atoms with Crippen LogP contribution < -0.4 is 5.23 Å². The molecule has 0 aromatic heterocycles. The molecule has 2 nitrogen and oxygen atoms in total. The summed E-state index contributed by atoms with van der Waals surface area (Å²) in [6, 6.07) is 0. The highest BCUT2D eigenvalue weighted by Crippen LogP contribution is 2.15. The highest BCUT2D eigenvalue weighted by Gasteiger charge is 2.14. The first-order valence-corrected chi connectivity index (χ1v) is 5.28. The Labute approximate surface area is 90.7 Å². The molecular weight excluding hydrogens is 171 g/mol. The summed E-state index contributed by atoms with van der Waals surface area (Å²) in [6.07, 6.45) is 4.91. The van der Waals surface area contributed by atoms with E-state index in [2.05, 4.69) is 12.2 Å². The molecule has 0 heterocycles. The molecule has 0 saturated carbocycles. The lowest BCUT2D eigenvalue weighted by Crippen LogP contribution is -2.21. The molecular formula is C9H17B3NO. The van der Waals surface area contributed by atoms with Crippen LogP contribution in [0.2, 0.25) is 0 Å². The SMILES string of the molecule is [B][B]C(=O)[C@@H](CCC)CCCCN[B]. The molecule has 1 atom stereocenters. The molecule has 0 amide bonds. The van der Waals surface area contributed by atoms with Crippen molar-refractivity contribution in [2.24, 2.45) is 5.92 Å². The summed E-state index contributed by atoms with van der Waals surface area (Å²) in [6.45, 7) is 2.89. The lowest BCUT2D eigenvalue weighted by atomic mass is 9.49. The monoisotopic (exact) mass is 188 g/mol. The van der Waals surface area contributed by atoms with Gasteiger partial charge in [-0.2, -0.15) is 0 Å². The third kappa shape index (κ3) is 6.30. The Hall–Kier alpha value is -0.175. The standard InChI is InChI=1S/C9H17B3NO/c1-2-5-8(9(14)12-10)6-3-4-7-13-11/h8,13H,2-7H2,1H3/t8-/m0/s1. The van der Waals surface area contributed by atoms with E-state index in [1.54, 1.807) is 0 Å². The van der Waals surface area contributed by atoms with Crippen molar-refractivity contribution in [1.29, 1.82) is 0 Å². The Morgan fingerprint density at radius 2 is 2.14 bits per heavy atom. The van der Waals surface area contributed by atoms with Crippen molar-refractivity contribution in [3.8, 4) is 0 Å². The quantitative estimate of drug-likeness (QED) is 0.422. The van der Waals surface area contributed by atoms with Crippen molar-refractivity contribution in [3.63, 3.8) is 0 Å². The van der Waals surface area contributed by atoms with Gasteiger partial charge in [0.1, 0.15) is 7.17 Å². The third-order valence-corrected chi connectivity index (χ3v) is 2.33. The molecule has 0 aromatic rings. The average molecular weight is 188 g/mol. The van der Waals surface area contributed by atoms with Gasteiger partial charge in [-0.3, -0.25) is 0 Å². The van der Waals surface area contributed by atoms with Crippen LogP contribution in [-0.2, 0) is 4.79 Å². The lowest BCUT2D eigenvalue weighted by Gasteiger charge is -2.13. The molecule has 0 aromatic carbocycles. The van der Waals surface area contributed by atoms with Crippen LogP contribution in [0.25, 0.3) is 0 Å². The highest BCUT2D eigenvalue weighted by atomic mass is 16.1. The number of hydrogen-bond donors (Lipinski definition) is 1. The fraction of sp³-hybridized carbons (Fsp3) is 0.889. The molecule has 0 unspecified atom stereocenters. The summed E-state index contributed by atoms with van der Waals surface area (Å²) in [4.78, 5) is 11.3. The van der Waals surface area contributed by atoms with Gasteiger partial charge in [0.25, 0.3) is 0 Å². The number of carbonyl (C=O) groups is 1. The number of hydrogen-bond acceptors (Lipinski definition) is 2. The first-order valence-electron chi connectivity index (χ1n) is 5.28. The largest absolute Gasteiger partial charge is 0.366 e. The maximum atomic E-state index is 11.3. The van der Waals surface area contributed by atoms with Gasteiger partial charge in [-0.05, 0) is 25.8 Å². The van der Waals surface area contributed by atoms with Gasteiger partial charge in [0.2, 0.25) is 0 Å². The van der Waals surface area contributed by atoms with Gasteiger partial charge in [0.05, 0.1) is 5.68 Å². The number of carbonyl (C=O) groups excluding carboxylic acids is 1. The van der Waals surface area contributed by atoms with E-state index in [4.69, 9.17) is 15.7 Å². The minimum atomic E-state index is 0.0764. The van der Waals surface area contributed by atoms with Crippen LogP contribution >= 0.6 is 0 Å². The van der Waals surface area contributed by atoms with E-state index in [0.29, 0.717) is 0 Å². The van der Waals surface area contributed by atoms with Crippen LogP contribution in [0.1, 0.15) is 39.0 Å². The van der Waals surface area contributed by atoms with E-state index >= 15 is 0 Å². The van der Waals surface area contributed by atoms with Gasteiger partial charge in [-0.15, -0.1) is 0 Å². The van der Waals surface area contributed by atoms with Crippen LogP contribution in [-0.4, -0.2) is 35.1 Å². The first kappa shape index (κ1) is 13.8. The maximum Gasteiger partial charge on any atom is 0.177 e. The second kappa shape index (κ2) is 9.38. The average Bonchev–Trinajstić information content (AvgIpc) is 2.21. The van der Waals surface area contributed by atoms with Crippen molar-refractivity contribution in [3.05, 3.63) is 0 Å². The molecule has 0 aliphatic heterocycles. The van der Waals surface area contributed by atoms with Crippen LogP contribution in [0.5, 0.6) is 0 Å². The summed E-state index contributed by atoms with van der Waals surface area (Å²) in [5.74, 6) is 0.114. The fourth-order valence-corrected chi connectivity index (χ4v) is 1.53. The zero-order chi connectivity index (χ0) is 10.8. The van der Waals surface area contributed by atoms with Gasteiger partial charge < -0.3 is 10.0 Å². The van der Waals surface area contributed by atoms with E-state index in [1.807, 2.05) is 0 Å². The second-order valence-corrected chi connectivity index (χ2v) is 3.50. The zero-order valence-electron chi connectivity index (χ0n) is 8.96. The van der Waals surface area contributed by atoms with E-state index in [-0.39, 0.29) is 11.6 Å². The fourth-order valence-electron chi connectivity index (χ4n) is 1.53. The van der Waals surface area contributed by atoms with Crippen molar-refractivity contribution < 1.29 is 4.79 Å². The van der Waals surface area contributed by atoms with Crippen LogP contribution in [0.3, 0.4) is 0 Å². The van der Waals surface area contributed by atoms with Gasteiger partial charge in [-0.25, -0.2) is 0 Å². The number of nitrogens with one attached hydrogen (secondary N) is 1. The Kier molecular flexibility index (Phi) is 9.27. The minimum Gasteiger partial charge on any atom is -0.366 e. The summed E-state index contributed by atoms with van der Waals surface area (Å²) in [7, 11) is 11.6. The summed E-state index contributed by atoms with van der Waals surface area (Å²) < 4.78 is 0. The van der Waals surface area contributed by atoms with Crippen molar-refractivity contribution in [2.45, 2.75) is 39.0 Å². The van der Waals surface area contributed by atoms with Gasteiger partial charge in [0, 0.05) is 13.7 Å².